The third-order valence-corrected chi connectivity index (χ3v) is 3.76. The van der Waals surface area contributed by atoms with Crippen molar-refractivity contribution in [2.45, 2.75) is 6.17 Å². The van der Waals surface area contributed by atoms with Crippen LogP contribution in [0.3, 0.4) is 0 Å². The summed E-state index contributed by atoms with van der Waals surface area (Å²) in [6, 6.07) is 7.55. The smallest absolute Gasteiger partial charge is 0.324 e. The lowest BCUT2D eigenvalue weighted by Crippen LogP contribution is -2.09. The molecule has 2 heterocycles. The molecule has 0 aliphatic carbocycles. The van der Waals surface area contributed by atoms with Crippen LogP contribution in [0, 0.1) is 15.9 Å². The molecule has 1 aromatic carbocycles. The summed E-state index contributed by atoms with van der Waals surface area (Å²) in [5.41, 5.74) is 1.45. The molecule has 18 heavy (non-hydrogen) atoms. The Morgan fingerprint density at radius 1 is 1.22 bits per heavy atom. The number of nitrogens with zero attached hydrogens (tertiary/aromatic N) is 1. The summed E-state index contributed by atoms with van der Waals surface area (Å²) < 4.78 is 13.0. The van der Waals surface area contributed by atoms with Gasteiger partial charge in [-0.05, 0) is 24.3 Å². The third kappa shape index (κ3) is 1.78. The molecule has 2 aromatic rings. The number of halogens is 1. The molecule has 0 radical (unpaired) electrons. The van der Waals surface area contributed by atoms with E-state index >= 15 is 0 Å². The molecule has 0 bridgehead atoms. The quantitative estimate of drug-likeness (QED) is 0.645. The maximum Gasteiger partial charge on any atom is 0.324 e. The van der Waals surface area contributed by atoms with Crippen LogP contribution in [0.5, 0.6) is 0 Å². The van der Waals surface area contributed by atoms with Gasteiger partial charge in [0.2, 0.25) is 0 Å². The molecule has 0 spiro atoms. The van der Waals surface area contributed by atoms with Gasteiger partial charge in [-0.3, -0.25) is 10.1 Å². The molecule has 1 aliphatic rings. The summed E-state index contributed by atoms with van der Waals surface area (Å²) in [5, 5.41) is 16.9. The Morgan fingerprint density at radius 2 is 2.00 bits per heavy atom. The molecule has 1 aromatic heterocycles. The van der Waals surface area contributed by atoms with Gasteiger partial charge < -0.3 is 10.6 Å². The Balaban J connectivity index is 1.86. The summed E-state index contributed by atoms with van der Waals surface area (Å²) >= 11 is 1.10. The highest BCUT2D eigenvalue weighted by molar-refractivity contribution is 7.15. The largest absolute Gasteiger partial charge is 0.359 e. The van der Waals surface area contributed by atoms with Crippen molar-refractivity contribution >= 4 is 27.7 Å². The topological polar surface area (TPSA) is 67.2 Å². The number of anilines is 2. The Labute approximate surface area is 105 Å². The lowest BCUT2D eigenvalue weighted by atomic mass is 10.3. The first-order chi connectivity index (χ1) is 8.63. The fourth-order valence-corrected chi connectivity index (χ4v) is 2.67. The molecule has 2 N–H and O–H groups in total. The second kappa shape index (κ2) is 3.95. The zero-order valence-corrected chi connectivity index (χ0v) is 9.83. The van der Waals surface area contributed by atoms with Crippen LogP contribution in [0.25, 0.3) is 0 Å². The molecule has 0 fully saturated rings. The molecule has 1 unspecified atom stereocenters. The van der Waals surface area contributed by atoms with E-state index in [-0.39, 0.29) is 17.0 Å². The Morgan fingerprint density at radius 3 is 2.72 bits per heavy atom. The van der Waals surface area contributed by atoms with Crippen molar-refractivity contribution in [1.29, 1.82) is 0 Å². The number of thiophene rings is 1. The Kier molecular flexibility index (Phi) is 2.41. The lowest BCUT2D eigenvalue weighted by molar-refractivity contribution is -0.380. The van der Waals surface area contributed by atoms with Gasteiger partial charge in [0, 0.05) is 6.07 Å². The standard InChI is InChI=1S/C11H8FN3O2S/c12-6-1-2-7-8(5-6)14-11(13-7)9-3-4-10(18-9)15(16)17/h1-5,11,13-14H. The first kappa shape index (κ1) is 11.0. The molecule has 5 nitrogen and oxygen atoms in total. The Hall–Kier alpha value is -2.15. The van der Waals surface area contributed by atoms with E-state index in [9.17, 15) is 14.5 Å². The molecule has 7 heteroatoms. The number of hydrogen-bond acceptors (Lipinski definition) is 5. The minimum absolute atomic E-state index is 0.0933. The molecular weight excluding hydrogens is 257 g/mol. The highest BCUT2D eigenvalue weighted by Gasteiger charge is 2.24. The number of rotatable bonds is 2. The van der Waals surface area contributed by atoms with Crippen molar-refractivity contribution in [3.05, 3.63) is 51.1 Å². The van der Waals surface area contributed by atoms with E-state index in [0.717, 1.165) is 21.9 Å². The fraction of sp³-hybridized carbons (Fsp3) is 0.0909. The first-order valence-corrected chi connectivity index (χ1v) is 6.02. The van der Waals surface area contributed by atoms with E-state index in [4.69, 9.17) is 0 Å². The fourth-order valence-electron chi connectivity index (χ4n) is 1.85. The second-order valence-electron chi connectivity index (χ2n) is 3.84. The van der Waals surface area contributed by atoms with Crippen molar-refractivity contribution in [1.82, 2.24) is 0 Å². The van der Waals surface area contributed by atoms with Crippen molar-refractivity contribution in [2.75, 3.05) is 10.6 Å². The molecule has 1 aliphatic heterocycles. The molecular formula is C11H8FN3O2S. The number of nitrogens with one attached hydrogen (secondary N) is 2. The highest BCUT2D eigenvalue weighted by atomic mass is 32.1. The molecule has 0 saturated carbocycles. The number of fused-ring (bicyclic) bond motifs is 1. The summed E-state index contributed by atoms with van der Waals surface area (Å²) in [6.07, 6.45) is -0.250. The van der Waals surface area contributed by atoms with Crippen LogP contribution in [0.1, 0.15) is 11.0 Å². The van der Waals surface area contributed by atoms with E-state index < -0.39 is 4.92 Å². The van der Waals surface area contributed by atoms with Gasteiger partial charge in [0.25, 0.3) is 0 Å². The molecule has 92 valence electrons. The van der Waals surface area contributed by atoms with Crippen LogP contribution in [0.15, 0.2) is 30.3 Å². The molecule has 3 rings (SSSR count). The average Bonchev–Trinajstić information content (AvgIpc) is 2.93. The number of nitro groups is 1. The summed E-state index contributed by atoms with van der Waals surface area (Å²) in [4.78, 5) is 11.0. The van der Waals surface area contributed by atoms with Crippen LogP contribution in [-0.2, 0) is 0 Å². The zero-order valence-electron chi connectivity index (χ0n) is 9.01. The van der Waals surface area contributed by atoms with E-state index in [1.807, 2.05) is 0 Å². The highest BCUT2D eigenvalue weighted by Crippen LogP contribution is 2.38. The van der Waals surface area contributed by atoms with Gasteiger partial charge in [-0.25, -0.2) is 4.39 Å². The van der Waals surface area contributed by atoms with Crippen LogP contribution < -0.4 is 10.6 Å². The Bertz CT molecular complexity index is 629. The summed E-state index contributed by atoms with van der Waals surface area (Å²) in [6.45, 7) is 0. The third-order valence-electron chi connectivity index (χ3n) is 2.66. The van der Waals surface area contributed by atoms with Gasteiger partial charge in [0.05, 0.1) is 21.2 Å². The minimum Gasteiger partial charge on any atom is -0.359 e. The van der Waals surface area contributed by atoms with Crippen LogP contribution in [0.2, 0.25) is 0 Å². The molecule has 0 amide bonds. The van der Waals surface area contributed by atoms with Gasteiger partial charge in [0.1, 0.15) is 12.0 Å². The number of benzene rings is 1. The maximum atomic E-state index is 13.0. The zero-order chi connectivity index (χ0) is 12.7. The van der Waals surface area contributed by atoms with Gasteiger partial charge in [-0.2, -0.15) is 0 Å². The van der Waals surface area contributed by atoms with E-state index in [1.54, 1.807) is 12.1 Å². The van der Waals surface area contributed by atoms with Crippen LogP contribution >= 0.6 is 11.3 Å². The predicted octanol–water partition coefficient (Wildman–Crippen LogP) is 3.33. The minimum atomic E-state index is -0.421. The van der Waals surface area contributed by atoms with Crippen molar-refractivity contribution < 1.29 is 9.31 Å². The van der Waals surface area contributed by atoms with Gasteiger partial charge >= 0.3 is 5.00 Å². The van der Waals surface area contributed by atoms with Crippen molar-refractivity contribution in [2.24, 2.45) is 0 Å². The van der Waals surface area contributed by atoms with Crippen molar-refractivity contribution in [3.8, 4) is 0 Å². The van der Waals surface area contributed by atoms with Crippen molar-refractivity contribution in [3.63, 3.8) is 0 Å². The SMILES string of the molecule is O=[N+]([O-])c1ccc(C2Nc3ccc(F)cc3N2)s1. The lowest BCUT2D eigenvalue weighted by Gasteiger charge is -2.08. The summed E-state index contributed by atoms with van der Waals surface area (Å²) in [7, 11) is 0. The van der Waals surface area contributed by atoms with E-state index in [0.29, 0.717) is 5.69 Å². The average molecular weight is 265 g/mol. The van der Waals surface area contributed by atoms with E-state index in [1.165, 1.54) is 18.2 Å². The normalized spacial score (nSPS) is 16.8. The van der Waals surface area contributed by atoms with Gasteiger partial charge in [0.15, 0.2) is 0 Å². The maximum absolute atomic E-state index is 13.0. The van der Waals surface area contributed by atoms with Gasteiger partial charge in [-0.15, -0.1) is 0 Å². The molecule has 1 atom stereocenters. The second-order valence-corrected chi connectivity index (χ2v) is 4.94. The van der Waals surface area contributed by atoms with Crippen LogP contribution in [-0.4, -0.2) is 4.92 Å². The summed E-state index contributed by atoms with van der Waals surface area (Å²) in [5.74, 6) is -0.319. The predicted molar refractivity (Wildman–Crippen MR) is 67.4 cm³/mol. The molecule has 0 saturated heterocycles. The first-order valence-electron chi connectivity index (χ1n) is 5.20. The van der Waals surface area contributed by atoms with Gasteiger partial charge in [-0.1, -0.05) is 11.3 Å². The van der Waals surface area contributed by atoms with Crippen LogP contribution in [0.4, 0.5) is 20.8 Å². The number of hydrogen-bond donors (Lipinski definition) is 2. The monoisotopic (exact) mass is 265 g/mol. The van der Waals surface area contributed by atoms with E-state index in [2.05, 4.69) is 10.6 Å².